The quantitative estimate of drug-likeness (QED) is 0.229. The number of aryl methyl sites for hydroxylation is 2. The number of carbonyl (C=O) groups is 1. The number of esters is 1. The van der Waals surface area contributed by atoms with Gasteiger partial charge in [0.25, 0.3) is 6.08 Å². The number of carbonyl (C=O) groups excluding carboxylic acids is 1. The van der Waals surface area contributed by atoms with Crippen LogP contribution < -0.4 is 4.74 Å². The molecule has 0 aliphatic rings. The highest BCUT2D eigenvalue weighted by Crippen LogP contribution is 2.18. The molecule has 0 N–H and O–H groups in total. The number of hydrogen-bond acceptors (Lipinski definition) is 2. The second-order valence-electron chi connectivity index (χ2n) is 6.88. The van der Waals surface area contributed by atoms with Crippen LogP contribution in [0.1, 0.15) is 52.9 Å². The van der Waals surface area contributed by atoms with Crippen LogP contribution in [0.15, 0.2) is 78.9 Å². The summed E-state index contributed by atoms with van der Waals surface area (Å²) < 4.78 is 43.7. The Morgan fingerprint density at radius 1 is 0.939 bits per heavy atom. The normalized spacial score (nSPS) is 9.64. The van der Waals surface area contributed by atoms with E-state index in [-0.39, 0.29) is 23.3 Å². The fourth-order valence-corrected chi connectivity index (χ4v) is 2.76. The number of ether oxygens (including phenoxy) is 1. The van der Waals surface area contributed by atoms with Gasteiger partial charge in [-0.3, -0.25) is 0 Å². The van der Waals surface area contributed by atoms with Crippen molar-refractivity contribution in [1.82, 2.24) is 0 Å². The monoisotopic (exact) mass is 450 g/mol. The topological polar surface area (TPSA) is 26.3 Å². The summed E-state index contributed by atoms with van der Waals surface area (Å²) in [4.78, 5) is 12.3. The Morgan fingerprint density at radius 2 is 1.61 bits per heavy atom. The molecule has 0 aliphatic heterocycles. The van der Waals surface area contributed by atoms with E-state index in [1.54, 1.807) is 24.3 Å². The van der Waals surface area contributed by atoms with E-state index in [0.29, 0.717) is 6.42 Å². The van der Waals surface area contributed by atoms with E-state index in [0.717, 1.165) is 28.8 Å². The smallest absolute Gasteiger partial charge is 0.343 e. The van der Waals surface area contributed by atoms with Gasteiger partial charge in [0.2, 0.25) is 0 Å². The van der Waals surface area contributed by atoms with E-state index >= 15 is 0 Å². The van der Waals surface area contributed by atoms with Crippen molar-refractivity contribution in [3.05, 3.63) is 113 Å². The zero-order valence-corrected chi connectivity index (χ0v) is 18.8. The van der Waals surface area contributed by atoms with Gasteiger partial charge in [0.15, 0.2) is 0 Å². The molecule has 170 valence electrons. The molecular weight excluding hydrogens is 425 g/mol. The standard InChI is InChI=1S/C26H19F3O2.C2H6/c1-18-5-7-20(8-6-18)9-12-21-15-16-23(17-24(21)27)31-26(30)22-13-10-19(11-14-22)3-2-4-25(28)29;1-2/h4-8,10-11,13-17H,2-3H2,1H3;1-2H3. The van der Waals surface area contributed by atoms with E-state index in [9.17, 15) is 18.0 Å². The third-order valence-corrected chi connectivity index (χ3v) is 4.47. The first-order valence-corrected chi connectivity index (χ1v) is 10.6. The molecule has 0 bridgehead atoms. The molecule has 3 aromatic carbocycles. The zero-order chi connectivity index (χ0) is 24.2. The molecular formula is C28H25F3O2. The lowest BCUT2D eigenvalue weighted by molar-refractivity contribution is 0.0734. The van der Waals surface area contributed by atoms with Crippen LogP contribution in [0, 0.1) is 24.6 Å². The Bertz CT molecular complexity index is 1150. The molecule has 3 aromatic rings. The van der Waals surface area contributed by atoms with E-state index in [1.807, 2.05) is 45.0 Å². The zero-order valence-electron chi connectivity index (χ0n) is 18.8. The molecule has 0 aliphatic carbocycles. The number of halogens is 3. The lowest BCUT2D eigenvalue weighted by Crippen LogP contribution is -2.08. The van der Waals surface area contributed by atoms with E-state index in [1.165, 1.54) is 12.1 Å². The third kappa shape index (κ3) is 8.34. The molecule has 3 rings (SSSR count). The fourth-order valence-electron chi connectivity index (χ4n) is 2.76. The van der Waals surface area contributed by atoms with Crippen LogP contribution in [0.4, 0.5) is 13.2 Å². The van der Waals surface area contributed by atoms with Gasteiger partial charge in [0.05, 0.1) is 11.1 Å². The number of hydrogen-bond donors (Lipinski definition) is 0. The van der Waals surface area contributed by atoms with Crippen LogP contribution in [-0.2, 0) is 6.42 Å². The molecule has 0 radical (unpaired) electrons. The summed E-state index contributed by atoms with van der Waals surface area (Å²) in [6.45, 7) is 5.97. The van der Waals surface area contributed by atoms with Crippen molar-refractivity contribution in [2.75, 3.05) is 0 Å². The maximum Gasteiger partial charge on any atom is 0.343 e. The van der Waals surface area contributed by atoms with Gasteiger partial charge in [-0.25, -0.2) is 9.18 Å². The van der Waals surface area contributed by atoms with Crippen LogP contribution >= 0.6 is 0 Å². The Hall–Kier alpha value is -3.78. The highest BCUT2D eigenvalue weighted by molar-refractivity contribution is 5.91. The highest BCUT2D eigenvalue weighted by atomic mass is 19.3. The lowest BCUT2D eigenvalue weighted by atomic mass is 10.1. The largest absolute Gasteiger partial charge is 0.423 e. The van der Waals surface area contributed by atoms with E-state index < -0.39 is 17.9 Å². The second kappa shape index (κ2) is 12.9. The molecule has 0 saturated carbocycles. The molecule has 0 heterocycles. The molecule has 0 amide bonds. The molecule has 0 saturated heterocycles. The minimum Gasteiger partial charge on any atom is -0.423 e. The summed E-state index contributed by atoms with van der Waals surface area (Å²) in [5, 5.41) is 0. The molecule has 0 unspecified atom stereocenters. The van der Waals surface area contributed by atoms with Gasteiger partial charge in [-0.2, -0.15) is 8.78 Å². The van der Waals surface area contributed by atoms with Gasteiger partial charge in [-0.05, 0) is 67.8 Å². The number of benzene rings is 3. The van der Waals surface area contributed by atoms with Gasteiger partial charge in [0, 0.05) is 11.6 Å². The van der Waals surface area contributed by atoms with Crippen molar-refractivity contribution in [1.29, 1.82) is 0 Å². The fraction of sp³-hybridized carbons (Fsp3) is 0.179. The number of allylic oxidation sites excluding steroid dienone is 1. The molecule has 2 nitrogen and oxygen atoms in total. The van der Waals surface area contributed by atoms with Crippen LogP contribution in [0.2, 0.25) is 0 Å². The molecule has 0 fully saturated rings. The molecule has 0 aromatic heterocycles. The summed E-state index contributed by atoms with van der Waals surface area (Å²) in [6.07, 6.45) is -0.210. The Morgan fingerprint density at radius 3 is 2.21 bits per heavy atom. The predicted octanol–water partition coefficient (Wildman–Crippen LogP) is 7.49. The lowest BCUT2D eigenvalue weighted by Gasteiger charge is -2.06. The SMILES string of the molecule is CC.Cc1ccc(C#Cc2ccc(OC(=O)c3ccc(CCC=C(F)F)cc3)cc2F)cc1. The summed E-state index contributed by atoms with van der Waals surface area (Å²) in [7, 11) is 0. The Balaban J connectivity index is 0.00000187. The van der Waals surface area contributed by atoms with Gasteiger partial charge >= 0.3 is 5.97 Å². The second-order valence-corrected chi connectivity index (χ2v) is 6.88. The van der Waals surface area contributed by atoms with Crippen molar-refractivity contribution in [2.45, 2.75) is 33.6 Å². The minimum atomic E-state index is -1.71. The van der Waals surface area contributed by atoms with E-state index in [4.69, 9.17) is 4.74 Å². The van der Waals surface area contributed by atoms with E-state index in [2.05, 4.69) is 11.8 Å². The first-order valence-electron chi connectivity index (χ1n) is 10.6. The molecule has 33 heavy (non-hydrogen) atoms. The Labute approximate surface area is 192 Å². The van der Waals surface area contributed by atoms with Crippen LogP contribution in [0.5, 0.6) is 5.75 Å². The average Bonchev–Trinajstić information content (AvgIpc) is 2.81. The first-order chi connectivity index (χ1) is 15.9. The van der Waals surface area contributed by atoms with Crippen molar-refractivity contribution >= 4 is 5.97 Å². The van der Waals surface area contributed by atoms with Gasteiger partial charge in [-0.1, -0.05) is 55.5 Å². The van der Waals surface area contributed by atoms with Crippen molar-refractivity contribution < 1.29 is 22.7 Å². The Kier molecular flexibility index (Phi) is 9.98. The van der Waals surface area contributed by atoms with Gasteiger partial charge in [0.1, 0.15) is 11.6 Å². The van der Waals surface area contributed by atoms with Crippen molar-refractivity contribution in [3.8, 4) is 17.6 Å². The van der Waals surface area contributed by atoms with Crippen LogP contribution in [0.25, 0.3) is 0 Å². The maximum atomic E-state index is 14.3. The number of rotatable bonds is 5. The van der Waals surface area contributed by atoms with Crippen molar-refractivity contribution in [3.63, 3.8) is 0 Å². The minimum absolute atomic E-state index is 0.0658. The highest BCUT2D eigenvalue weighted by Gasteiger charge is 2.10. The van der Waals surface area contributed by atoms with Crippen LogP contribution in [-0.4, -0.2) is 5.97 Å². The first kappa shape index (κ1) is 25.5. The summed E-state index contributed by atoms with van der Waals surface area (Å²) >= 11 is 0. The molecule has 5 heteroatoms. The van der Waals surface area contributed by atoms with Gasteiger partial charge in [-0.15, -0.1) is 0 Å². The van der Waals surface area contributed by atoms with Crippen molar-refractivity contribution in [2.24, 2.45) is 0 Å². The average molecular weight is 451 g/mol. The summed E-state index contributed by atoms with van der Waals surface area (Å²) in [6, 6.07) is 18.1. The predicted molar refractivity (Wildman–Crippen MR) is 125 cm³/mol. The third-order valence-electron chi connectivity index (χ3n) is 4.47. The summed E-state index contributed by atoms with van der Waals surface area (Å²) in [5.74, 6) is 4.51. The molecule has 0 atom stereocenters. The summed E-state index contributed by atoms with van der Waals surface area (Å²) in [5.41, 5.74) is 3.18. The molecule has 0 spiro atoms. The maximum absolute atomic E-state index is 14.3. The van der Waals surface area contributed by atoms with Gasteiger partial charge < -0.3 is 4.74 Å². The van der Waals surface area contributed by atoms with Crippen LogP contribution in [0.3, 0.4) is 0 Å².